The zero-order valence-electron chi connectivity index (χ0n) is 14.7. The molecule has 0 aliphatic rings. The summed E-state index contributed by atoms with van der Waals surface area (Å²) in [7, 11) is 0. The molecule has 5 nitrogen and oxygen atoms in total. The Morgan fingerprint density at radius 2 is 1.69 bits per heavy atom. The molecule has 0 atom stereocenters. The number of benzene rings is 3. The highest BCUT2D eigenvalue weighted by atomic mass is 79.9. The molecule has 29 heavy (non-hydrogen) atoms. The van der Waals surface area contributed by atoms with E-state index in [1.165, 1.54) is 24.4 Å². The number of carbonyl (C=O) groups excluding carboxylic acids is 2. The summed E-state index contributed by atoms with van der Waals surface area (Å²) >= 11 is 15.1. The first-order valence-corrected chi connectivity index (χ1v) is 9.84. The van der Waals surface area contributed by atoms with Gasteiger partial charge in [0.15, 0.2) is 0 Å². The van der Waals surface area contributed by atoms with E-state index in [2.05, 4.69) is 26.5 Å². The summed E-state index contributed by atoms with van der Waals surface area (Å²) in [6.45, 7) is 0. The fraction of sp³-hybridized carbons (Fsp3) is 0. The summed E-state index contributed by atoms with van der Waals surface area (Å²) in [5, 5.41) is 4.57. The molecule has 146 valence electrons. The third-order valence-corrected chi connectivity index (χ3v) is 5.17. The Labute approximate surface area is 185 Å². The van der Waals surface area contributed by atoms with Crippen molar-refractivity contribution in [3.8, 4) is 5.75 Å². The molecule has 1 amide bonds. The van der Waals surface area contributed by atoms with Gasteiger partial charge in [-0.1, -0.05) is 35.3 Å². The van der Waals surface area contributed by atoms with E-state index in [0.29, 0.717) is 31.9 Å². The van der Waals surface area contributed by atoms with Crippen molar-refractivity contribution in [1.82, 2.24) is 5.43 Å². The van der Waals surface area contributed by atoms with Crippen molar-refractivity contribution in [3.63, 3.8) is 0 Å². The molecule has 0 saturated heterocycles. The topological polar surface area (TPSA) is 67.8 Å². The molecule has 1 N–H and O–H groups in total. The van der Waals surface area contributed by atoms with Crippen LogP contribution in [-0.4, -0.2) is 18.1 Å². The van der Waals surface area contributed by atoms with E-state index in [-0.39, 0.29) is 10.9 Å². The second-order valence-electron chi connectivity index (χ2n) is 5.77. The fourth-order valence-corrected chi connectivity index (χ4v) is 3.04. The van der Waals surface area contributed by atoms with Crippen LogP contribution in [0.2, 0.25) is 10.0 Å². The maximum atomic E-state index is 12.2. The zero-order valence-corrected chi connectivity index (χ0v) is 17.8. The molecular formula is C21H13BrCl2N2O3. The van der Waals surface area contributed by atoms with Crippen LogP contribution in [0, 0.1) is 0 Å². The smallest absolute Gasteiger partial charge is 0.343 e. The van der Waals surface area contributed by atoms with Crippen LogP contribution in [0.15, 0.2) is 76.3 Å². The maximum Gasteiger partial charge on any atom is 0.343 e. The van der Waals surface area contributed by atoms with Gasteiger partial charge < -0.3 is 4.74 Å². The molecule has 0 unspecified atom stereocenters. The summed E-state index contributed by atoms with van der Waals surface area (Å²) in [4.78, 5) is 24.3. The highest BCUT2D eigenvalue weighted by Crippen LogP contribution is 2.23. The Hall–Kier alpha value is -2.67. The minimum absolute atomic E-state index is 0.275. The number of hydrogen-bond acceptors (Lipinski definition) is 4. The lowest BCUT2D eigenvalue weighted by Gasteiger charge is -2.05. The summed E-state index contributed by atoms with van der Waals surface area (Å²) < 4.78 is 5.99. The van der Waals surface area contributed by atoms with E-state index in [1.807, 2.05) is 6.07 Å². The third kappa shape index (κ3) is 5.67. The molecule has 0 aromatic heterocycles. The Morgan fingerprint density at radius 1 is 0.966 bits per heavy atom. The first-order valence-electron chi connectivity index (χ1n) is 8.29. The monoisotopic (exact) mass is 490 g/mol. The molecule has 0 heterocycles. The average molecular weight is 492 g/mol. The Bertz CT molecular complexity index is 1090. The highest BCUT2D eigenvalue weighted by Gasteiger charge is 2.11. The molecule has 0 spiro atoms. The number of ether oxygens (including phenoxy) is 1. The predicted molar refractivity (Wildman–Crippen MR) is 117 cm³/mol. The van der Waals surface area contributed by atoms with E-state index in [4.69, 9.17) is 27.9 Å². The van der Waals surface area contributed by atoms with Gasteiger partial charge in [-0.2, -0.15) is 5.10 Å². The third-order valence-electron chi connectivity index (χ3n) is 3.74. The molecule has 8 heteroatoms. The van der Waals surface area contributed by atoms with Crippen LogP contribution in [0.1, 0.15) is 26.3 Å². The molecule has 0 aliphatic heterocycles. The van der Waals surface area contributed by atoms with Gasteiger partial charge in [0, 0.05) is 4.47 Å². The number of nitrogens with zero attached hydrogens (tertiary/aromatic N) is 1. The van der Waals surface area contributed by atoms with Crippen molar-refractivity contribution < 1.29 is 14.3 Å². The molecule has 3 rings (SSSR count). The van der Waals surface area contributed by atoms with Gasteiger partial charge >= 0.3 is 5.97 Å². The van der Waals surface area contributed by atoms with Crippen LogP contribution in [0.3, 0.4) is 0 Å². The SMILES string of the molecule is O=C(Oc1ccc(/C=N\NC(=O)c2ccccc2Br)cc1)c1ccc(Cl)c(Cl)c1. The number of esters is 1. The van der Waals surface area contributed by atoms with Crippen molar-refractivity contribution in [2.45, 2.75) is 0 Å². The summed E-state index contributed by atoms with van der Waals surface area (Å²) in [6.07, 6.45) is 1.49. The lowest BCUT2D eigenvalue weighted by atomic mass is 10.2. The summed E-state index contributed by atoms with van der Waals surface area (Å²) in [6, 6.07) is 18.2. The van der Waals surface area contributed by atoms with E-state index in [0.717, 1.165) is 0 Å². The maximum absolute atomic E-state index is 12.2. The fourth-order valence-electron chi connectivity index (χ4n) is 2.28. The van der Waals surface area contributed by atoms with Crippen molar-refractivity contribution >= 4 is 57.2 Å². The molecule has 3 aromatic carbocycles. The van der Waals surface area contributed by atoms with Crippen LogP contribution in [0.25, 0.3) is 0 Å². The van der Waals surface area contributed by atoms with E-state index in [9.17, 15) is 9.59 Å². The van der Waals surface area contributed by atoms with Gasteiger partial charge in [0.1, 0.15) is 5.75 Å². The highest BCUT2D eigenvalue weighted by molar-refractivity contribution is 9.10. The standard InChI is InChI=1S/C21H13BrCl2N2O3/c22-17-4-2-1-3-16(17)20(27)26-25-12-13-5-8-15(9-6-13)29-21(28)14-7-10-18(23)19(24)11-14/h1-12H,(H,26,27)/b25-12-. The number of carbonyl (C=O) groups is 2. The van der Waals surface area contributed by atoms with Gasteiger partial charge in [-0.25, -0.2) is 10.2 Å². The van der Waals surface area contributed by atoms with Gasteiger partial charge in [0.25, 0.3) is 5.91 Å². The van der Waals surface area contributed by atoms with Gasteiger partial charge in [-0.3, -0.25) is 4.79 Å². The van der Waals surface area contributed by atoms with Crippen molar-refractivity contribution in [1.29, 1.82) is 0 Å². The molecule has 0 saturated carbocycles. The van der Waals surface area contributed by atoms with Crippen LogP contribution >= 0.6 is 39.1 Å². The number of rotatable bonds is 5. The minimum atomic E-state index is -0.550. The van der Waals surface area contributed by atoms with Gasteiger partial charge in [-0.05, 0) is 76.1 Å². The quantitative estimate of drug-likeness (QED) is 0.214. The van der Waals surface area contributed by atoms with Gasteiger partial charge in [-0.15, -0.1) is 0 Å². The van der Waals surface area contributed by atoms with Crippen molar-refractivity contribution in [3.05, 3.63) is 97.9 Å². The van der Waals surface area contributed by atoms with Crippen molar-refractivity contribution in [2.75, 3.05) is 0 Å². The second-order valence-corrected chi connectivity index (χ2v) is 7.44. The first-order chi connectivity index (χ1) is 13.9. The second kappa shape index (κ2) is 9.69. The van der Waals surface area contributed by atoms with E-state index in [1.54, 1.807) is 42.5 Å². The minimum Gasteiger partial charge on any atom is -0.423 e. The lowest BCUT2D eigenvalue weighted by Crippen LogP contribution is -2.18. The largest absolute Gasteiger partial charge is 0.423 e. The van der Waals surface area contributed by atoms with Gasteiger partial charge in [0.2, 0.25) is 0 Å². The van der Waals surface area contributed by atoms with Crippen LogP contribution in [-0.2, 0) is 0 Å². The molecule has 0 aliphatic carbocycles. The van der Waals surface area contributed by atoms with Crippen LogP contribution < -0.4 is 10.2 Å². The Balaban J connectivity index is 1.59. The van der Waals surface area contributed by atoms with Crippen molar-refractivity contribution in [2.24, 2.45) is 5.10 Å². The zero-order chi connectivity index (χ0) is 20.8. The van der Waals surface area contributed by atoms with E-state index < -0.39 is 5.97 Å². The first kappa shape index (κ1) is 21.0. The summed E-state index contributed by atoms with van der Waals surface area (Å²) in [5.41, 5.74) is 3.95. The molecular weight excluding hydrogens is 479 g/mol. The molecule has 0 fully saturated rings. The number of amides is 1. The van der Waals surface area contributed by atoms with Gasteiger partial charge in [0.05, 0.1) is 27.4 Å². The molecule has 0 radical (unpaired) electrons. The summed E-state index contributed by atoms with van der Waals surface area (Å²) in [5.74, 6) is -0.526. The Morgan fingerprint density at radius 3 is 2.38 bits per heavy atom. The number of nitrogens with one attached hydrogen (secondary N) is 1. The number of halogens is 3. The number of hydrogen-bond donors (Lipinski definition) is 1. The molecule has 3 aromatic rings. The Kier molecular flexibility index (Phi) is 7.04. The van der Waals surface area contributed by atoms with Crippen LogP contribution in [0.4, 0.5) is 0 Å². The van der Waals surface area contributed by atoms with E-state index >= 15 is 0 Å². The predicted octanol–water partition coefficient (Wildman–Crippen LogP) is 5.74. The number of hydrazone groups is 1. The lowest BCUT2D eigenvalue weighted by molar-refractivity contribution is 0.0734. The average Bonchev–Trinajstić information content (AvgIpc) is 2.71. The van der Waals surface area contributed by atoms with Crippen LogP contribution in [0.5, 0.6) is 5.75 Å². The molecule has 0 bridgehead atoms. The normalized spacial score (nSPS) is 10.7.